The van der Waals surface area contributed by atoms with Gasteiger partial charge in [0.05, 0.1) is 6.54 Å². The van der Waals surface area contributed by atoms with Crippen molar-refractivity contribution in [2.75, 3.05) is 7.05 Å². The molecule has 0 radical (unpaired) electrons. The maximum atomic E-state index is 5.84. The molecule has 0 atom stereocenters. The van der Waals surface area contributed by atoms with E-state index in [0.29, 0.717) is 25.7 Å². The lowest BCUT2D eigenvalue weighted by molar-refractivity contribution is 0.306. The van der Waals surface area contributed by atoms with Gasteiger partial charge in [-0.15, -0.1) is 34.2 Å². The molecule has 2 aromatic carbocycles. The SMILES string of the molecule is CN=C(NCc1cccc(COc2ccccc2)c1)NCc1nnc2ccccn12.I. The van der Waals surface area contributed by atoms with Gasteiger partial charge in [0.1, 0.15) is 12.4 Å². The Bertz CT molecular complexity index is 1130. The molecule has 0 saturated carbocycles. The molecule has 0 spiro atoms. The summed E-state index contributed by atoms with van der Waals surface area (Å²) in [5, 5.41) is 15.0. The summed E-state index contributed by atoms with van der Waals surface area (Å²) in [6.07, 6.45) is 1.95. The van der Waals surface area contributed by atoms with E-state index in [1.54, 1.807) is 7.05 Å². The predicted molar refractivity (Wildman–Crippen MR) is 133 cm³/mol. The Hall–Kier alpha value is -3.14. The number of para-hydroxylation sites is 1. The van der Waals surface area contributed by atoms with Gasteiger partial charge in [-0.25, -0.2) is 0 Å². The van der Waals surface area contributed by atoms with E-state index in [0.717, 1.165) is 28.3 Å². The fourth-order valence-corrected chi connectivity index (χ4v) is 3.09. The third-order valence-electron chi connectivity index (χ3n) is 4.62. The van der Waals surface area contributed by atoms with Gasteiger partial charge in [-0.3, -0.25) is 9.39 Å². The van der Waals surface area contributed by atoms with Gasteiger partial charge in [-0.05, 0) is 35.4 Å². The minimum absolute atomic E-state index is 0. The molecule has 0 saturated heterocycles. The van der Waals surface area contributed by atoms with Gasteiger partial charge >= 0.3 is 0 Å². The van der Waals surface area contributed by atoms with Crippen molar-refractivity contribution in [3.05, 3.63) is 95.9 Å². The van der Waals surface area contributed by atoms with Crippen molar-refractivity contribution in [2.45, 2.75) is 19.7 Å². The maximum Gasteiger partial charge on any atom is 0.191 e. The van der Waals surface area contributed by atoms with Crippen molar-refractivity contribution in [1.29, 1.82) is 0 Å². The summed E-state index contributed by atoms with van der Waals surface area (Å²) in [6, 6.07) is 24.0. The monoisotopic (exact) mass is 528 g/mol. The number of pyridine rings is 1. The number of benzene rings is 2. The molecule has 0 unspecified atom stereocenters. The fraction of sp³-hybridized carbons (Fsp3) is 0.174. The molecule has 0 fully saturated rings. The number of rotatable bonds is 7. The van der Waals surface area contributed by atoms with Crippen LogP contribution in [0.25, 0.3) is 5.65 Å². The third-order valence-corrected chi connectivity index (χ3v) is 4.62. The highest BCUT2D eigenvalue weighted by Gasteiger charge is 2.06. The number of aromatic nitrogens is 3. The summed E-state index contributed by atoms with van der Waals surface area (Å²) >= 11 is 0. The lowest BCUT2D eigenvalue weighted by Gasteiger charge is -2.12. The van der Waals surface area contributed by atoms with Crippen LogP contribution in [0.4, 0.5) is 0 Å². The summed E-state index contributed by atoms with van der Waals surface area (Å²) in [5.74, 6) is 2.40. The first-order valence-electron chi connectivity index (χ1n) is 9.80. The standard InChI is InChI=1S/C23H24N6O.HI/c1-24-23(26-16-22-28-27-21-12-5-6-13-29(21)22)25-15-18-8-7-9-19(14-18)17-30-20-10-3-2-4-11-20;/h2-14H,15-17H2,1H3,(H2,24,25,26);1H. The van der Waals surface area contributed by atoms with Gasteiger partial charge in [0.25, 0.3) is 0 Å². The van der Waals surface area contributed by atoms with Crippen molar-refractivity contribution < 1.29 is 4.74 Å². The first kappa shape index (κ1) is 22.5. The number of nitrogens with zero attached hydrogens (tertiary/aromatic N) is 4. The Labute approximate surface area is 198 Å². The smallest absolute Gasteiger partial charge is 0.191 e. The van der Waals surface area contributed by atoms with Gasteiger partial charge in [-0.1, -0.05) is 48.5 Å². The first-order chi connectivity index (χ1) is 14.8. The van der Waals surface area contributed by atoms with E-state index in [1.165, 1.54) is 0 Å². The molecule has 4 rings (SSSR count). The van der Waals surface area contributed by atoms with E-state index >= 15 is 0 Å². The molecule has 2 aromatic heterocycles. The van der Waals surface area contributed by atoms with Crippen LogP contribution in [0.5, 0.6) is 5.75 Å². The lowest BCUT2D eigenvalue weighted by Crippen LogP contribution is -2.36. The van der Waals surface area contributed by atoms with E-state index < -0.39 is 0 Å². The molecule has 0 aliphatic heterocycles. The number of ether oxygens (including phenoxy) is 1. The van der Waals surface area contributed by atoms with Crippen LogP contribution in [0.1, 0.15) is 17.0 Å². The van der Waals surface area contributed by atoms with Crippen LogP contribution >= 0.6 is 24.0 Å². The second kappa shape index (κ2) is 11.3. The highest BCUT2D eigenvalue weighted by molar-refractivity contribution is 14.0. The van der Waals surface area contributed by atoms with Crippen LogP contribution in [-0.2, 0) is 19.7 Å². The van der Waals surface area contributed by atoms with Gasteiger partial charge < -0.3 is 15.4 Å². The highest BCUT2D eigenvalue weighted by Crippen LogP contribution is 2.12. The van der Waals surface area contributed by atoms with Gasteiger partial charge in [0, 0.05) is 19.8 Å². The van der Waals surface area contributed by atoms with Crippen LogP contribution < -0.4 is 15.4 Å². The summed E-state index contributed by atoms with van der Waals surface area (Å²) in [5.41, 5.74) is 3.10. The van der Waals surface area contributed by atoms with Crippen molar-refractivity contribution >= 4 is 35.6 Å². The molecule has 4 aromatic rings. The van der Waals surface area contributed by atoms with Crippen molar-refractivity contribution in [2.24, 2.45) is 4.99 Å². The van der Waals surface area contributed by atoms with Gasteiger partial charge in [-0.2, -0.15) is 0 Å². The van der Waals surface area contributed by atoms with E-state index in [1.807, 2.05) is 65.2 Å². The van der Waals surface area contributed by atoms with E-state index in [-0.39, 0.29) is 24.0 Å². The van der Waals surface area contributed by atoms with E-state index in [9.17, 15) is 0 Å². The Morgan fingerprint density at radius 2 is 1.68 bits per heavy atom. The average Bonchev–Trinajstić information content (AvgIpc) is 3.22. The second-order valence-electron chi connectivity index (χ2n) is 6.75. The molecule has 0 amide bonds. The Kier molecular flexibility index (Phi) is 8.22. The molecule has 7 nitrogen and oxygen atoms in total. The average molecular weight is 528 g/mol. The number of hydrogen-bond acceptors (Lipinski definition) is 4. The van der Waals surface area contributed by atoms with Crippen LogP contribution in [-0.4, -0.2) is 27.6 Å². The molecule has 0 bridgehead atoms. The Balaban J connectivity index is 0.00000272. The Morgan fingerprint density at radius 1 is 0.903 bits per heavy atom. The predicted octanol–water partition coefficient (Wildman–Crippen LogP) is 3.79. The van der Waals surface area contributed by atoms with Crippen LogP contribution in [0, 0.1) is 0 Å². The van der Waals surface area contributed by atoms with Crippen LogP contribution in [0.3, 0.4) is 0 Å². The van der Waals surface area contributed by atoms with Crippen molar-refractivity contribution in [1.82, 2.24) is 25.2 Å². The number of halogens is 1. The highest BCUT2D eigenvalue weighted by atomic mass is 127. The normalized spacial score (nSPS) is 11.1. The fourth-order valence-electron chi connectivity index (χ4n) is 3.09. The maximum absolute atomic E-state index is 5.84. The topological polar surface area (TPSA) is 75.8 Å². The summed E-state index contributed by atoms with van der Waals surface area (Å²) in [6.45, 7) is 1.71. The van der Waals surface area contributed by atoms with Crippen LogP contribution in [0.15, 0.2) is 84.0 Å². The zero-order chi connectivity index (χ0) is 20.6. The zero-order valence-electron chi connectivity index (χ0n) is 17.2. The molecule has 8 heteroatoms. The third kappa shape index (κ3) is 6.17. The molecule has 31 heavy (non-hydrogen) atoms. The number of guanidine groups is 1. The molecule has 0 aliphatic rings. The quantitative estimate of drug-likeness (QED) is 0.217. The first-order valence-corrected chi connectivity index (χ1v) is 9.80. The van der Waals surface area contributed by atoms with Crippen molar-refractivity contribution in [3.63, 3.8) is 0 Å². The molecule has 160 valence electrons. The molecule has 2 N–H and O–H groups in total. The minimum atomic E-state index is 0. The number of nitrogens with one attached hydrogen (secondary N) is 2. The minimum Gasteiger partial charge on any atom is -0.489 e. The number of fused-ring (bicyclic) bond motifs is 1. The zero-order valence-corrected chi connectivity index (χ0v) is 19.6. The second-order valence-corrected chi connectivity index (χ2v) is 6.75. The summed E-state index contributed by atoms with van der Waals surface area (Å²) in [7, 11) is 1.75. The summed E-state index contributed by atoms with van der Waals surface area (Å²) in [4.78, 5) is 4.29. The molecule has 0 aliphatic carbocycles. The Morgan fingerprint density at radius 3 is 2.52 bits per heavy atom. The van der Waals surface area contributed by atoms with Gasteiger partial charge in [0.2, 0.25) is 0 Å². The molecule has 2 heterocycles. The summed E-state index contributed by atoms with van der Waals surface area (Å²) < 4.78 is 7.79. The largest absolute Gasteiger partial charge is 0.489 e. The number of aliphatic imine (C=N–C) groups is 1. The number of hydrogen-bond donors (Lipinski definition) is 2. The molecular weight excluding hydrogens is 503 g/mol. The molecular formula is C23H25IN6O. The van der Waals surface area contributed by atoms with Gasteiger partial charge in [0.15, 0.2) is 17.4 Å². The lowest BCUT2D eigenvalue weighted by atomic mass is 10.1. The van der Waals surface area contributed by atoms with Crippen LogP contribution in [0.2, 0.25) is 0 Å². The van der Waals surface area contributed by atoms with E-state index in [2.05, 4.69) is 44.0 Å². The van der Waals surface area contributed by atoms with E-state index in [4.69, 9.17) is 4.74 Å². The van der Waals surface area contributed by atoms with Crippen molar-refractivity contribution in [3.8, 4) is 5.75 Å².